The number of amides is 1. The first-order valence-corrected chi connectivity index (χ1v) is 32.6. The second kappa shape index (κ2) is 61.9. The minimum Gasteiger partial charge on any atom is -0.466 e. The summed E-state index contributed by atoms with van der Waals surface area (Å²) < 4.78 is 5.47. The van der Waals surface area contributed by atoms with Gasteiger partial charge in [-0.15, -0.1) is 0 Å². The summed E-state index contributed by atoms with van der Waals surface area (Å²) in [5.74, 6) is -0.0278. The van der Waals surface area contributed by atoms with Crippen LogP contribution < -0.4 is 5.32 Å². The maximum atomic E-state index is 12.5. The lowest BCUT2D eigenvalue weighted by Crippen LogP contribution is -2.45. The number of esters is 1. The van der Waals surface area contributed by atoms with E-state index in [9.17, 15) is 19.8 Å². The van der Waals surface area contributed by atoms with Gasteiger partial charge in [-0.2, -0.15) is 0 Å². The van der Waals surface area contributed by atoms with Gasteiger partial charge in [-0.25, -0.2) is 0 Å². The molecule has 0 saturated carbocycles. The predicted molar refractivity (Wildman–Crippen MR) is 315 cm³/mol. The summed E-state index contributed by atoms with van der Waals surface area (Å²) in [4.78, 5) is 24.5. The van der Waals surface area contributed by atoms with E-state index in [1.165, 1.54) is 283 Å². The number of nitrogens with one attached hydrogen (secondary N) is 1. The van der Waals surface area contributed by atoms with Crippen molar-refractivity contribution in [2.75, 3.05) is 13.2 Å². The Morgan fingerprint density at radius 1 is 0.375 bits per heavy atom. The number of rotatable bonds is 61. The summed E-state index contributed by atoms with van der Waals surface area (Å²) in [6.45, 7) is 4.95. The number of allylic oxidation sites excluding steroid dienone is 4. The predicted octanol–water partition coefficient (Wildman–Crippen LogP) is 20.6. The summed E-state index contributed by atoms with van der Waals surface area (Å²) in [6.07, 6.45) is 76.3. The molecule has 0 spiro atoms. The van der Waals surface area contributed by atoms with E-state index < -0.39 is 12.1 Å². The third-order valence-corrected chi connectivity index (χ3v) is 15.2. The van der Waals surface area contributed by atoms with Gasteiger partial charge in [0.25, 0.3) is 0 Å². The highest BCUT2D eigenvalue weighted by molar-refractivity contribution is 5.76. The number of aliphatic hydroxyl groups excluding tert-OH is 2. The molecule has 0 aromatic carbocycles. The van der Waals surface area contributed by atoms with Crippen LogP contribution in [-0.4, -0.2) is 47.4 Å². The first-order valence-electron chi connectivity index (χ1n) is 32.6. The van der Waals surface area contributed by atoms with E-state index in [2.05, 4.69) is 43.5 Å². The lowest BCUT2D eigenvalue weighted by molar-refractivity contribution is -0.143. The van der Waals surface area contributed by atoms with Crippen LogP contribution >= 0.6 is 0 Å². The molecule has 0 radical (unpaired) electrons. The molecular weight excluding hydrogens is 887 g/mol. The number of ether oxygens (including phenoxy) is 1. The molecule has 0 aliphatic heterocycles. The fourth-order valence-electron chi connectivity index (χ4n) is 10.2. The van der Waals surface area contributed by atoms with Crippen molar-refractivity contribution >= 4 is 11.9 Å². The minimum absolute atomic E-state index is 0.00535. The van der Waals surface area contributed by atoms with Crippen LogP contribution in [0.1, 0.15) is 361 Å². The van der Waals surface area contributed by atoms with E-state index in [1.807, 2.05) is 0 Å². The van der Waals surface area contributed by atoms with Gasteiger partial charge in [0.2, 0.25) is 5.91 Å². The molecule has 0 aliphatic rings. The van der Waals surface area contributed by atoms with Crippen molar-refractivity contribution in [1.29, 1.82) is 0 Å². The summed E-state index contributed by atoms with van der Waals surface area (Å²) in [5.41, 5.74) is 0. The van der Waals surface area contributed by atoms with Gasteiger partial charge in [0, 0.05) is 12.8 Å². The number of hydrogen-bond donors (Lipinski definition) is 3. The highest BCUT2D eigenvalue weighted by atomic mass is 16.5. The van der Waals surface area contributed by atoms with Crippen molar-refractivity contribution in [3.05, 3.63) is 24.3 Å². The Hall–Kier alpha value is -1.66. The number of aliphatic hydroxyl groups is 2. The number of unbranched alkanes of at least 4 members (excludes halogenated alkanes) is 46. The van der Waals surface area contributed by atoms with Crippen molar-refractivity contribution < 1.29 is 24.5 Å². The van der Waals surface area contributed by atoms with Crippen LogP contribution in [0, 0.1) is 0 Å². The van der Waals surface area contributed by atoms with Crippen molar-refractivity contribution in [2.45, 2.75) is 373 Å². The molecule has 0 aromatic heterocycles. The van der Waals surface area contributed by atoms with Gasteiger partial charge in [-0.05, 0) is 77.0 Å². The van der Waals surface area contributed by atoms with E-state index in [4.69, 9.17) is 4.74 Å². The van der Waals surface area contributed by atoms with Crippen LogP contribution in [0.25, 0.3) is 0 Å². The Morgan fingerprint density at radius 3 is 1.01 bits per heavy atom. The highest BCUT2D eigenvalue weighted by Gasteiger charge is 2.20. The number of hydrogen-bond acceptors (Lipinski definition) is 5. The molecule has 0 heterocycles. The Labute approximate surface area is 450 Å². The Balaban J connectivity index is 3.38. The zero-order chi connectivity index (χ0) is 52.2. The molecule has 0 saturated heterocycles. The molecule has 6 nitrogen and oxygen atoms in total. The standard InChI is InChI=1S/C66H127NO5/c1-3-5-7-9-11-13-15-17-18-32-35-38-42-46-50-54-58-64(69)63(62-68)67-65(70)59-55-51-47-43-39-36-33-30-28-26-24-22-20-19-21-23-25-27-29-31-34-37-41-45-49-53-57-61-72-66(71)60-56-52-48-44-40-16-14-12-10-8-6-4-2/h12,14,19-20,63-64,68-69H,3-11,13,15-18,21-62H2,1-2H3,(H,67,70)/b14-12-,20-19-. The third-order valence-electron chi connectivity index (χ3n) is 15.2. The normalized spacial score (nSPS) is 12.7. The molecule has 0 aromatic rings. The van der Waals surface area contributed by atoms with Crippen molar-refractivity contribution in [1.82, 2.24) is 5.32 Å². The molecule has 426 valence electrons. The van der Waals surface area contributed by atoms with Crippen molar-refractivity contribution in [3.63, 3.8) is 0 Å². The highest BCUT2D eigenvalue weighted by Crippen LogP contribution is 2.18. The van der Waals surface area contributed by atoms with Gasteiger partial charge in [0.1, 0.15) is 0 Å². The molecule has 0 fully saturated rings. The first-order chi connectivity index (χ1) is 35.5. The maximum Gasteiger partial charge on any atom is 0.305 e. The monoisotopic (exact) mass is 1010 g/mol. The topological polar surface area (TPSA) is 95.9 Å². The van der Waals surface area contributed by atoms with Gasteiger partial charge in [-0.1, -0.05) is 295 Å². The summed E-state index contributed by atoms with van der Waals surface area (Å²) >= 11 is 0. The molecule has 1 amide bonds. The Bertz CT molecular complexity index is 1120. The van der Waals surface area contributed by atoms with Gasteiger partial charge in [0.15, 0.2) is 0 Å². The third kappa shape index (κ3) is 57.6. The molecule has 2 unspecified atom stereocenters. The number of carbonyl (C=O) groups excluding carboxylic acids is 2. The summed E-state index contributed by atoms with van der Waals surface area (Å²) in [6, 6.07) is -0.542. The molecule has 0 rings (SSSR count). The zero-order valence-corrected chi connectivity index (χ0v) is 48.7. The van der Waals surface area contributed by atoms with Gasteiger partial charge in [0.05, 0.1) is 25.4 Å². The lowest BCUT2D eigenvalue weighted by Gasteiger charge is -2.22. The van der Waals surface area contributed by atoms with Crippen molar-refractivity contribution in [2.24, 2.45) is 0 Å². The fraction of sp³-hybridized carbons (Fsp3) is 0.909. The first kappa shape index (κ1) is 70.3. The van der Waals surface area contributed by atoms with Crippen LogP contribution in [0.4, 0.5) is 0 Å². The van der Waals surface area contributed by atoms with Crippen molar-refractivity contribution in [3.8, 4) is 0 Å². The molecule has 3 N–H and O–H groups in total. The molecule has 0 bridgehead atoms. The average molecular weight is 1010 g/mol. The van der Waals surface area contributed by atoms with E-state index in [-0.39, 0.29) is 18.5 Å². The van der Waals surface area contributed by atoms with E-state index in [1.54, 1.807) is 0 Å². The smallest absolute Gasteiger partial charge is 0.305 e. The SMILES string of the molecule is CCCCC/C=C\CCCCCCCC(=O)OCCCCCCCCCCCCCC/C=C\CCCCCCCCCCCCCC(=O)NC(CO)C(O)CCCCCCCCCCCCCCCCCC. The largest absolute Gasteiger partial charge is 0.466 e. The zero-order valence-electron chi connectivity index (χ0n) is 48.7. The van der Waals surface area contributed by atoms with Gasteiger partial charge < -0.3 is 20.3 Å². The van der Waals surface area contributed by atoms with Crippen LogP contribution in [0.3, 0.4) is 0 Å². The Kier molecular flexibility index (Phi) is 60.5. The van der Waals surface area contributed by atoms with E-state index >= 15 is 0 Å². The average Bonchev–Trinajstić information content (AvgIpc) is 3.38. The van der Waals surface area contributed by atoms with Crippen LogP contribution in [0.5, 0.6) is 0 Å². The van der Waals surface area contributed by atoms with Crippen LogP contribution in [-0.2, 0) is 14.3 Å². The maximum absolute atomic E-state index is 12.5. The lowest BCUT2D eigenvalue weighted by atomic mass is 10.0. The molecule has 6 heteroatoms. The molecule has 0 aliphatic carbocycles. The minimum atomic E-state index is -0.664. The van der Waals surface area contributed by atoms with E-state index in [0.29, 0.717) is 25.9 Å². The van der Waals surface area contributed by atoms with Crippen LogP contribution in [0.2, 0.25) is 0 Å². The quantitative estimate of drug-likeness (QED) is 0.0320. The summed E-state index contributed by atoms with van der Waals surface area (Å²) in [5, 5.41) is 23.3. The van der Waals surface area contributed by atoms with E-state index in [0.717, 1.165) is 44.9 Å². The van der Waals surface area contributed by atoms with Gasteiger partial charge in [-0.3, -0.25) is 9.59 Å². The fourth-order valence-corrected chi connectivity index (χ4v) is 10.2. The number of carbonyl (C=O) groups is 2. The molecule has 72 heavy (non-hydrogen) atoms. The second-order valence-electron chi connectivity index (χ2n) is 22.4. The summed E-state index contributed by atoms with van der Waals surface area (Å²) in [7, 11) is 0. The molecular formula is C66H127NO5. The van der Waals surface area contributed by atoms with Crippen LogP contribution in [0.15, 0.2) is 24.3 Å². The second-order valence-corrected chi connectivity index (χ2v) is 22.4. The van der Waals surface area contributed by atoms with Gasteiger partial charge >= 0.3 is 5.97 Å². The molecule has 2 atom stereocenters. The Morgan fingerprint density at radius 2 is 0.653 bits per heavy atom.